The number of alkyl halides is 6. The summed E-state index contributed by atoms with van der Waals surface area (Å²) in [7, 11) is 0. The Bertz CT molecular complexity index is 1340. The van der Waals surface area contributed by atoms with Crippen LogP contribution in [0.25, 0.3) is 16.5 Å². The lowest BCUT2D eigenvalue weighted by molar-refractivity contribution is -0.141. The SMILES string of the molecule is CCOC(=O)C1=CN(C(=O)c2cc(C(F)(F)F)ccc2C(F)(F)F)CCc2c1[nH]c1ccccc21. The number of esters is 1. The molecule has 0 unspecified atom stereocenters. The van der Waals surface area contributed by atoms with Crippen LogP contribution in [0.4, 0.5) is 26.3 Å². The van der Waals surface area contributed by atoms with Gasteiger partial charge in [0, 0.05) is 23.6 Å². The Kier molecular flexibility index (Phi) is 6.12. The van der Waals surface area contributed by atoms with E-state index >= 15 is 0 Å². The molecule has 0 atom stereocenters. The molecule has 184 valence electrons. The standard InChI is InChI=1S/C24H18F6N2O3/c1-2-35-22(34)17-12-32(10-9-15-14-5-3-4-6-19(14)31-20(15)17)21(33)16-11-13(23(25,26)27)7-8-18(16)24(28,29)30/h3-8,11-12,31H,2,9-10H2,1H3. The van der Waals surface area contributed by atoms with Crippen molar-refractivity contribution in [2.45, 2.75) is 25.7 Å². The number of hydrogen-bond acceptors (Lipinski definition) is 3. The molecule has 0 bridgehead atoms. The third kappa shape index (κ3) is 4.62. The maximum atomic E-state index is 13.6. The van der Waals surface area contributed by atoms with Crippen LogP contribution in [-0.2, 0) is 28.3 Å². The molecule has 1 aromatic heterocycles. The number of rotatable bonds is 3. The highest BCUT2D eigenvalue weighted by atomic mass is 19.4. The van der Waals surface area contributed by atoms with Gasteiger partial charge < -0.3 is 14.6 Å². The largest absolute Gasteiger partial charge is 0.462 e. The first kappa shape index (κ1) is 24.4. The summed E-state index contributed by atoms with van der Waals surface area (Å²) in [6, 6.07) is 7.78. The van der Waals surface area contributed by atoms with E-state index in [-0.39, 0.29) is 43.3 Å². The number of carbonyl (C=O) groups excluding carboxylic acids is 2. The molecule has 35 heavy (non-hydrogen) atoms. The van der Waals surface area contributed by atoms with Crippen LogP contribution in [0.3, 0.4) is 0 Å². The fourth-order valence-electron chi connectivity index (χ4n) is 4.03. The average molecular weight is 496 g/mol. The van der Waals surface area contributed by atoms with Gasteiger partial charge in [-0.2, -0.15) is 26.3 Å². The monoisotopic (exact) mass is 496 g/mol. The molecule has 0 radical (unpaired) electrons. The number of amides is 1. The quantitative estimate of drug-likeness (QED) is 0.368. The Morgan fingerprint density at radius 3 is 2.40 bits per heavy atom. The topological polar surface area (TPSA) is 62.4 Å². The Balaban J connectivity index is 1.85. The Morgan fingerprint density at radius 2 is 1.74 bits per heavy atom. The van der Waals surface area contributed by atoms with Crippen molar-refractivity contribution >= 4 is 28.4 Å². The van der Waals surface area contributed by atoms with E-state index in [0.717, 1.165) is 16.5 Å². The predicted molar refractivity (Wildman–Crippen MR) is 114 cm³/mol. The van der Waals surface area contributed by atoms with Gasteiger partial charge in [-0.25, -0.2) is 4.79 Å². The number of fused-ring (bicyclic) bond motifs is 3. The molecule has 11 heteroatoms. The number of para-hydroxylation sites is 1. The fraction of sp³-hybridized carbons (Fsp3) is 0.250. The zero-order chi connectivity index (χ0) is 25.5. The molecule has 1 aliphatic heterocycles. The molecular weight excluding hydrogens is 478 g/mol. The summed E-state index contributed by atoms with van der Waals surface area (Å²) in [6.45, 7) is 1.37. The molecule has 5 nitrogen and oxygen atoms in total. The summed E-state index contributed by atoms with van der Waals surface area (Å²) in [5.41, 5.74) is -2.52. The summed E-state index contributed by atoms with van der Waals surface area (Å²) in [5, 5.41) is 0.738. The maximum Gasteiger partial charge on any atom is 0.417 e. The van der Waals surface area contributed by atoms with E-state index in [9.17, 15) is 35.9 Å². The summed E-state index contributed by atoms with van der Waals surface area (Å²) in [5.74, 6) is -2.15. The summed E-state index contributed by atoms with van der Waals surface area (Å²) in [6.07, 6.45) is -8.87. The third-order valence-corrected chi connectivity index (χ3v) is 5.61. The molecule has 1 N–H and O–H groups in total. The minimum Gasteiger partial charge on any atom is -0.462 e. The first-order chi connectivity index (χ1) is 16.4. The molecule has 4 rings (SSSR count). The second-order valence-electron chi connectivity index (χ2n) is 7.79. The van der Waals surface area contributed by atoms with Crippen molar-refractivity contribution < 1.29 is 40.7 Å². The molecule has 0 fully saturated rings. The third-order valence-electron chi connectivity index (χ3n) is 5.61. The van der Waals surface area contributed by atoms with Gasteiger partial charge in [-0.05, 0) is 43.2 Å². The number of carbonyl (C=O) groups is 2. The lowest BCUT2D eigenvalue weighted by atomic mass is 10.0. The minimum absolute atomic E-state index is 0.00840. The lowest BCUT2D eigenvalue weighted by Gasteiger charge is -2.21. The smallest absolute Gasteiger partial charge is 0.417 e. The number of H-pyrrole nitrogens is 1. The van der Waals surface area contributed by atoms with E-state index in [1.165, 1.54) is 0 Å². The van der Waals surface area contributed by atoms with Gasteiger partial charge in [0.05, 0.1) is 34.6 Å². The molecule has 0 spiro atoms. The van der Waals surface area contributed by atoms with E-state index in [4.69, 9.17) is 4.74 Å². The molecule has 0 saturated heterocycles. The number of nitrogens with zero attached hydrogens (tertiary/aromatic N) is 1. The average Bonchev–Trinajstić information content (AvgIpc) is 3.04. The number of hydrogen-bond donors (Lipinski definition) is 1. The zero-order valence-corrected chi connectivity index (χ0v) is 18.2. The number of ether oxygens (including phenoxy) is 1. The van der Waals surface area contributed by atoms with Crippen LogP contribution in [0, 0.1) is 0 Å². The molecule has 0 saturated carbocycles. The number of aromatic amines is 1. The van der Waals surface area contributed by atoms with Crippen molar-refractivity contribution in [2.24, 2.45) is 0 Å². The van der Waals surface area contributed by atoms with E-state index in [2.05, 4.69) is 4.98 Å². The predicted octanol–water partition coefficient (Wildman–Crippen LogP) is 5.81. The highest BCUT2D eigenvalue weighted by Crippen LogP contribution is 2.38. The van der Waals surface area contributed by atoms with Gasteiger partial charge in [-0.3, -0.25) is 4.79 Å². The van der Waals surface area contributed by atoms with Crippen LogP contribution in [0.15, 0.2) is 48.7 Å². The van der Waals surface area contributed by atoms with Gasteiger partial charge in [0.1, 0.15) is 0 Å². The number of nitrogens with one attached hydrogen (secondary N) is 1. The molecule has 0 aliphatic carbocycles. The van der Waals surface area contributed by atoms with Crippen LogP contribution >= 0.6 is 0 Å². The molecule has 3 aromatic rings. The second kappa shape index (κ2) is 8.79. The highest BCUT2D eigenvalue weighted by molar-refractivity contribution is 6.18. The van der Waals surface area contributed by atoms with Crippen LogP contribution < -0.4 is 0 Å². The van der Waals surface area contributed by atoms with Gasteiger partial charge in [0.25, 0.3) is 5.91 Å². The van der Waals surface area contributed by atoms with Gasteiger partial charge >= 0.3 is 18.3 Å². The molecule has 2 heterocycles. The van der Waals surface area contributed by atoms with Gasteiger partial charge in [-0.1, -0.05) is 18.2 Å². The number of benzene rings is 2. The first-order valence-electron chi connectivity index (χ1n) is 10.5. The van der Waals surface area contributed by atoms with Gasteiger partial charge in [0.15, 0.2) is 0 Å². The van der Waals surface area contributed by atoms with Crippen molar-refractivity contribution in [2.75, 3.05) is 13.2 Å². The lowest BCUT2D eigenvalue weighted by Crippen LogP contribution is -2.30. The highest BCUT2D eigenvalue weighted by Gasteiger charge is 2.40. The van der Waals surface area contributed by atoms with Crippen molar-refractivity contribution in [3.8, 4) is 0 Å². The number of halogens is 6. The van der Waals surface area contributed by atoms with Crippen LogP contribution in [-0.4, -0.2) is 34.9 Å². The van der Waals surface area contributed by atoms with Crippen molar-refractivity contribution in [1.29, 1.82) is 0 Å². The Labute approximate surface area is 195 Å². The number of aromatic nitrogens is 1. The molecule has 1 aliphatic rings. The molecular formula is C24H18F6N2O3. The van der Waals surface area contributed by atoms with Crippen molar-refractivity contribution in [1.82, 2.24) is 9.88 Å². The van der Waals surface area contributed by atoms with Gasteiger partial charge in [0.2, 0.25) is 0 Å². The Hall–Kier alpha value is -3.76. The van der Waals surface area contributed by atoms with E-state index < -0.39 is 40.9 Å². The molecule has 2 aromatic carbocycles. The Morgan fingerprint density at radius 1 is 1.03 bits per heavy atom. The fourth-order valence-corrected chi connectivity index (χ4v) is 4.03. The maximum absolute atomic E-state index is 13.6. The van der Waals surface area contributed by atoms with Crippen molar-refractivity contribution in [3.05, 3.63) is 76.6 Å². The summed E-state index contributed by atoms with van der Waals surface area (Å²) < 4.78 is 85.5. The van der Waals surface area contributed by atoms with E-state index in [1.807, 2.05) is 0 Å². The van der Waals surface area contributed by atoms with Crippen molar-refractivity contribution in [3.63, 3.8) is 0 Å². The van der Waals surface area contributed by atoms with Gasteiger partial charge in [-0.15, -0.1) is 0 Å². The van der Waals surface area contributed by atoms with Crippen LogP contribution in [0.2, 0.25) is 0 Å². The minimum atomic E-state index is -5.07. The first-order valence-corrected chi connectivity index (χ1v) is 10.5. The van der Waals surface area contributed by atoms with Crippen LogP contribution in [0.5, 0.6) is 0 Å². The summed E-state index contributed by atoms with van der Waals surface area (Å²) >= 11 is 0. The molecule has 1 amide bonds. The normalized spacial score (nSPS) is 14.4. The second-order valence-corrected chi connectivity index (χ2v) is 7.79. The summed E-state index contributed by atoms with van der Waals surface area (Å²) in [4.78, 5) is 29.8. The van der Waals surface area contributed by atoms with Crippen LogP contribution in [0.1, 0.15) is 39.7 Å². The van der Waals surface area contributed by atoms with E-state index in [0.29, 0.717) is 16.8 Å². The van der Waals surface area contributed by atoms with E-state index in [1.54, 1.807) is 31.2 Å². The zero-order valence-electron chi connectivity index (χ0n) is 18.2.